The molecule has 0 aromatic carbocycles. The highest BCUT2D eigenvalue weighted by Crippen LogP contribution is 2.16. The zero-order valence-electron chi connectivity index (χ0n) is 10.4. The second kappa shape index (κ2) is 5.62. The van der Waals surface area contributed by atoms with Gasteiger partial charge in [0.2, 0.25) is 0 Å². The number of esters is 1. The molecule has 0 radical (unpaired) electrons. The zero-order chi connectivity index (χ0) is 13.8. The van der Waals surface area contributed by atoms with E-state index in [1.54, 1.807) is 48.1 Å². The summed E-state index contributed by atoms with van der Waals surface area (Å²) in [6, 6.07) is 6.90. The third-order valence-electron chi connectivity index (χ3n) is 2.51. The van der Waals surface area contributed by atoms with Crippen LogP contribution in [0.2, 0.25) is 0 Å². The van der Waals surface area contributed by atoms with E-state index >= 15 is 0 Å². The van der Waals surface area contributed by atoms with Gasteiger partial charge < -0.3 is 10.5 Å². The van der Waals surface area contributed by atoms with Crippen LogP contribution in [0.1, 0.15) is 23.0 Å². The highest BCUT2D eigenvalue weighted by atomic mass is 32.1. The number of nitrogens with two attached hydrogens (primary N) is 1. The number of hydrogen-bond acceptors (Lipinski definition) is 4. The van der Waals surface area contributed by atoms with Gasteiger partial charge in [0.25, 0.3) is 0 Å². The predicted molar refractivity (Wildman–Crippen MR) is 75.4 cm³/mol. The van der Waals surface area contributed by atoms with Gasteiger partial charge in [-0.15, -0.1) is 0 Å². The first-order valence-corrected chi connectivity index (χ1v) is 6.15. The molecule has 19 heavy (non-hydrogen) atoms. The molecule has 0 atom stereocenters. The molecule has 0 saturated carbocycles. The summed E-state index contributed by atoms with van der Waals surface area (Å²) in [4.78, 5) is 16.4. The maximum Gasteiger partial charge on any atom is 0.341 e. The van der Waals surface area contributed by atoms with E-state index in [9.17, 15) is 4.79 Å². The topological polar surface area (TPSA) is 70.1 Å². The van der Waals surface area contributed by atoms with Crippen molar-refractivity contribution in [1.82, 2.24) is 9.55 Å². The minimum Gasteiger partial charge on any atom is -0.462 e. The summed E-state index contributed by atoms with van der Waals surface area (Å²) in [5, 5.41) is 0. The van der Waals surface area contributed by atoms with Crippen molar-refractivity contribution in [2.24, 2.45) is 5.73 Å². The molecule has 2 rings (SSSR count). The van der Waals surface area contributed by atoms with E-state index in [1.807, 2.05) is 0 Å². The monoisotopic (exact) mass is 275 g/mol. The third-order valence-corrected chi connectivity index (χ3v) is 2.72. The van der Waals surface area contributed by atoms with E-state index in [1.165, 1.54) is 0 Å². The predicted octanol–water partition coefficient (Wildman–Crippen LogP) is 1.68. The highest BCUT2D eigenvalue weighted by Gasteiger charge is 2.16. The first-order valence-electron chi connectivity index (χ1n) is 5.74. The van der Waals surface area contributed by atoms with Crippen molar-refractivity contribution in [3.63, 3.8) is 0 Å². The van der Waals surface area contributed by atoms with Crippen LogP contribution in [0.5, 0.6) is 0 Å². The Morgan fingerprint density at radius 1 is 1.47 bits per heavy atom. The van der Waals surface area contributed by atoms with Crippen molar-refractivity contribution in [2.45, 2.75) is 6.92 Å². The van der Waals surface area contributed by atoms with Gasteiger partial charge >= 0.3 is 5.97 Å². The summed E-state index contributed by atoms with van der Waals surface area (Å²) < 4.78 is 6.69. The van der Waals surface area contributed by atoms with Crippen LogP contribution < -0.4 is 5.73 Å². The van der Waals surface area contributed by atoms with Crippen molar-refractivity contribution < 1.29 is 9.53 Å². The largest absolute Gasteiger partial charge is 0.462 e. The Morgan fingerprint density at radius 3 is 2.95 bits per heavy atom. The molecule has 0 spiro atoms. The number of hydrogen-bond donors (Lipinski definition) is 1. The molecule has 0 unspecified atom stereocenters. The summed E-state index contributed by atoms with van der Waals surface area (Å²) in [5.74, 6) is 0.0296. The maximum atomic E-state index is 11.9. The highest BCUT2D eigenvalue weighted by molar-refractivity contribution is 7.80. The van der Waals surface area contributed by atoms with E-state index in [0.29, 0.717) is 23.7 Å². The molecular formula is C13H13N3O2S. The average molecular weight is 275 g/mol. The van der Waals surface area contributed by atoms with Crippen LogP contribution in [0, 0.1) is 0 Å². The van der Waals surface area contributed by atoms with Crippen LogP contribution in [0.25, 0.3) is 5.82 Å². The van der Waals surface area contributed by atoms with Gasteiger partial charge in [0.15, 0.2) is 5.82 Å². The molecule has 5 nitrogen and oxygen atoms in total. The van der Waals surface area contributed by atoms with Crippen molar-refractivity contribution in [2.75, 3.05) is 6.61 Å². The maximum absolute atomic E-state index is 11.9. The fourth-order valence-electron chi connectivity index (χ4n) is 1.72. The lowest BCUT2D eigenvalue weighted by Gasteiger charge is -2.11. The first-order chi connectivity index (χ1) is 9.15. The molecule has 0 bridgehead atoms. The van der Waals surface area contributed by atoms with Gasteiger partial charge in [0.05, 0.1) is 12.3 Å². The van der Waals surface area contributed by atoms with Crippen molar-refractivity contribution in [3.8, 4) is 5.82 Å². The molecule has 6 heteroatoms. The first kappa shape index (κ1) is 13.2. The standard InChI is InChI=1S/C13H13N3O2S/c1-2-18-13(17)9-5-3-7-15-12(9)16-8-4-6-10(16)11(14)19/h3-8H,2H2,1H3,(H2,14,19). The summed E-state index contributed by atoms with van der Waals surface area (Å²) in [6.07, 6.45) is 3.35. The summed E-state index contributed by atoms with van der Waals surface area (Å²) in [7, 11) is 0. The van der Waals surface area contributed by atoms with Gasteiger partial charge in [-0.1, -0.05) is 12.2 Å². The number of ether oxygens (including phenoxy) is 1. The Kier molecular flexibility index (Phi) is 3.91. The molecule has 0 aliphatic rings. The Morgan fingerprint density at radius 2 is 2.26 bits per heavy atom. The smallest absolute Gasteiger partial charge is 0.341 e. The van der Waals surface area contributed by atoms with Gasteiger partial charge in [-0.25, -0.2) is 9.78 Å². The minimum atomic E-state index is -0.423. The van der Waals surface area contributed by atoms with Crippen LogP contribution in [-0.4, -0.2) is 27.1 Å². The van der Waals surface area contributed by atoms with Crippen LogP contribution in [0.15, 0.2) is 36.7 Å². The number of nitrogens with zero attached hydrogens (tertiary/aromatic N) is 2. The second-order valence-corrected chi connectivity index (χ2v) is 4.16. The van der Waals surface area contributed by atoms with Crippen molar-refractivity contribution in [3.05, 3.63) is 47.9 Å². The van der Waals surface area contributed by atoms with Crippen LogP contribution in [-0.2, 0) is 4.74 Å². The molecule has 0 fully saturated rings. The van der Waals surface area contributed by atoms with Gasteiger partial charge in [0.1, 0.15) is 10.6 Å². The Bertz CT molecular complexity index is 622. The van der Waals surface area contributed by atoms with E-state index in [4.69, 9.17) is 22.7 Å². The molecular weight excluding hydrogens is 262 g/mol. The van der Waals surface area contributed by atoms with Crippen molar-refractivity contribution in [1.29, 1.82) is 0 Å². The Labute approximate surface area is 116 Å². The normalized spacial score (nSPS) is 10.2. The molecule has 0 saturated heterocycles. The van der Waals surface area contributed by atoms with Gasteiger partial charge in [-0.2, -0.15) is 0 Å². The van der Waals surface area contributed by atoms with Crippen LogP contribution >= 0.6 is 12.2 Å². The fraction of sp³-hybridized carbons (Fsp3) is 0.154. The summed E-state index contributed by atoms with van der Waals surface area (Å²) in [5.41, 5.74) is 6.65. The molecule has 0 aliphatic heterocycles. The lowest BCUT2D eigenvalue weighted by molar-refractivity contribution is 0.0526. The lowest BCUT2D eigenvalue weighted by Crippen LogP contribution is -2.17. The van der Waals surface area contributed by atoms with Gasteiger partial charge in [-0.3, -0.25) is 4.57 Å². The number of aromatic nitrogens is 2. The number of carbonyl (C=O) groups excluding carboxylic acids is 1. The van der Waals surface area contributed by atoms with Crippen molar-refractivity contribution >= 4 is 23.2 Å². The third kappa shape index (κ3) is 2.63. The molecule has 2 aromatic heterocycles. The fourth-order valence-corrected chi connectivity index (χ4v) is 1.89. The van der Waals surface area contributed by atoms with E-state index in [0.717, 1.165) is 0 Å². The summed E-state index contributed by atoms with van der Waals surface area (Å²) >= 11 is 4.98. The molecule has 2 heterocycles. The van der Waals surface area contributed by atoms with Crippen LogP contribution in [0.4, 0.5) is 0 Å². The molecule has 2 N–H and O–H groups in total. The minimum absolute atomic E-state index is 0.241. The zero-order valence-corrected chi connectivity index (χ0v) is 11.2. The van der Waals surface area contributed by atoms with Gasteiger partial charge in [-0.05, 0) is 31.2 Å². The quantitative estimate of drug-likeness (QED) is 0.679. The molecule has 2 aromatic rings. The van der Waals surface area contributed by atoms with E-state index in [-0.39, 0.29) is 4.99 Å². The average Bonchev–Trinajstić information content (AvgIpc) is 2.88. The SMILES string of the molecule is CCOC(=O)c1cccnc1-n1cccc1C(N)=S. The summed E-state index contributed by atoms with van der Waals surface area (Å²) in [6.45, 7) is 2.06. The number of pyridine rings is 1. The Balaban J connectivity index is 2.53. The number of carbonyl (C=O) groups is 1. The lowest BCUT2D eigenvalue weighted by atomic mass is 10.2. The number of rotatable bonds is 4. The van der Waals surface area contributed by atoms with Crippen LogP contribution in [0.3, 0.4) is 0 Å². The molecule has 98 valence electrons. The van der Waals surface area contributed by atoms with E-state index in [2.05, 4.69) is 4.98 Å². The van der Waals surface area contributed by atoms with Gasteiger partial charge in [0, 0.05) is 12.4 Å². The van der Waals surface area contributed by atoms with E-state index < -0.39 is 5.97 Å². The molecule has 0 aliphatic carbocycles. The second-order valence-electron chi connectivity index (χ2n) is 3.72. The molecule has 0 amide bonds. The Hall–Kier alpha value is -2.21. The number of thiocarbonyl (C=S) groups is 1.